The van der Waals surface area contributed by atoms with Crippen LogP contribution < -0.4 is 0 Å². The molecule has 1 rings (SSSR count). The van der Waals surface area contributed by atoms with Gasteiger partial charge in [0.2, 0.25) is 0 Å². The van der Waals surface area contributed by atoms with E-state index in [1.165, 1.54) is 0 Å². The van der Waals surface area contributed by atoms with Crippen LogP contribution in [-0.4, -0.2) is 34.8 Å². The Morgan fingerprint density at radius 3 is 2.73 bits per heavy atom. The lowest BCUT2D eigenvalue weighted by molar-refractivity contribution is 0.225. The minimum atomic E-state index is 0.233. The van der Waals surface area contributed by atoms with Crippen molar-refractivity contribution in [2.24, 2.45) is 0 Å². The number of benzene rings is 1. The van der Waals surface area contributed by atoms with Crippen LogP contribution in [0, 0.1) is 0 Å². The molecule has 0 aromatic heterocycles. The van der Waals surface area contributed by atoms with Crippen LogP contribution in [0.1, 0.15) is 18.9 Å². The molecule has 0 spiro atoms. The Kier molecular flexibility index (Phi) is 5.15. The molecule has 0 saturated carbocycles. The Labute approximate surface area is 91.0 Å². The Morgan fingerprint density at radius 1 is 1.33 bits per heavy atom. The van der Waals surface area contributed by atoms with Crippen LogP contribution in [-0.2, 0) is 6.54 Å². The maximum Gasteiger partial charge on any atom is 0.115 e. The molecule has 15 heavy (non-hydrogen) atoms. The zero-order chi connectivity index (χ0) is 11.1. The van der Waals surface area contributed by atoms with E-state index in [-0.39, 0.29) is 6.61 Å². The molecule has 0 bridgehead atoms. The topological polar surface area (TPSA) is 43.7 Å². The number of rotatable bonds is 6. The van der Waals surface area contributed by atoms with Gasteiger partial charge in [-0.3, -0.25) is 4.90 Å². The summed E-state index contributed by atoms with van der Waals surface area (Å²) in [6, 6.07) is 7.31. The fourth-order valence-corrected chi connectivity index (χ4v) is 1.56. The van der Waals surface area contributed by atoms with E-state index in [0.717, 1.165) is 31.6 Å². The quantitative estimate of drug-likeness (QED) is 0.748. The smallest absolute Gasteiger partial charge is 0.115 e. The van der Waals surface area contributed by atoms with Gasteiger partial charge < -0.3 is 10.2 Å². The molecule has 1 aromatic carbocycles. The van der Waals surface area contributed by atoms with E-state index in [0.29, 0.717) is 5.75 Å². The van der Waals surface area contributed by atoms with Gasteiger partial charge in [0.1, 0.15) is 5.75 Å². The van der Waals surface area contributed by atoms with Gasteiger partial charge in [-0.1, -0.05) is 19.1 Å². The van der Waals surface area contributed by atoms with Crippen LogP contribution in [0.4, 0.5) is 0 Å². The largest absolute Gasteiger partial charge is 0.508 e. The maximum absolute atomic E-state index is 9.32. The highest BCUT2D eigenvalue weighted by Crippen LogP contribution is 2.12. The lowest BCUT2D eigenvalue weighted by Gasteiger charge is -2.19. The molecule has 0 aliphatic carbocycles. The summed E-state index contributed by atoms with van der Waals surface area (Å²) in [5.41, 5.74) is 1.11. The zero-order valence-electron chi connectivity index (χ0n) is 9.19. The van der Waals surface area contributed by atoms with Crippen molar-refractivity contribution in [1.82, 2.24) is 4.90 Å². The second-order valence-electron chi connectivity index (χ2n) is 3.62. The molecule has 0 aliphatic rings. The summed E-state index contributed by atoms with van der Waals surface area (Å²) >= 11 is 0. The summed E-state index contributed by atoms with van der Waals surface area (Å²) in [5.74, 6) is 0.311. The molecule has 84 valence electrons. The summed E-state index contributed by atoms with van der Waals surface area (Å²) in [5, 5.41) is 18.1. The zero-order valence-corrected chi connectivity index (χ0v) is 9.19. The number of hydrogen-bond donors (Lipinski definition) is 2. The molecule has 0 atom stereocenters. The van der Waals surface area contributed by atoms with E-state index in [1.54, 1.807) is 12.1 Å². The number of nitrogens with zero attached hydrogens (tertiary/aromatic N) is 1. The first-order valence-corrected chi connectivity index (χ1v) is 5.37. The van der Waals surface area contributed by atoms with E-state index in [9.17, 15) is 5.11 Å². The Hall–Kier alpha value is -1.06. The lowest BCUT2D eigenvalue weighted by Crippen LogP contribution is -2.24. The van der Waals surface area contributed by atoms with Crippen molar-refractivity contribution in [2.45, 2.75) is 19.9 Å². The standard InChI is InChI=1S/C12H19NO2/c1-2-13(7-4-8-14)10-11-5-3-6-12(15)9-11/h3,5-6,9,14-15H,2,4,7-8,10H2,1H3. The van der Waals surface area contributed by atoms with Crippen molar-refractivity contribution in [2.75, 3.05) is 19.7 Å². The van der Waals surface area contributed by atoms with Gasteiger partial charge in [-0.25, -0.2) is 0 Å². The van der Waals surface area contributed by atoms with Crippen LogP contribution in [0.15, 0.2) is 24.3 Å². The van der Waals surface area contributed by atoms with Crippen molar-refractivity contribution in [3.05, 3.63) is 29.8 Å². The van der Waals surface area contributed by atoms with Gasteiger partial charge in [-0.15, -0.1) is 0 Å². The number of phenolic OH excluding ortho intramolecular Hbond substituents is 1. The third-order valence-corrected chi connectivity index (χ3v) is 2.40. The first-order valence-electron chi connectivity index (χ1n) is 5.37. The highest BCUT2D eigenvalue weighted by Gasteiger charge is 2.03. The molecule has 0 amide bonds. The van der Waals surface area contributed by atoms with Gasteiger partial charge in [0.25, 0.3) is 0 Å². The van der Waals surface area contributed by atoms with Gasteiger partial charge in [0.15, 0.2) is 0 Å². The van der Waals surface area contributed by atoms with Gasteiger partial charge in [-0.2, -0.15) is 0 Å². The minimum Gasteiger partial charge on any atom is -0.508 e. The third kappa shape index (κ3) is 4.32. The summed E-state index contributed by atoms with van der Waals surface area (Å²) < 4.78 is 0. The molecule has 0 radical (unpaired) electrons. The van der Waals surface area contributed by atoms with E-state index >= 15 is 0 Å². The number of aliphatic hydroxyl groups excluding tert-OH is 1. The summed E-state index contributed by atoms with van der Waals surface area (Å²) in [6.45, 7) is 5.00. The average molecular weight is 209 g/mol. The number of aromatic hydroxyl groups is 1. The SMILES string of the molecule is CCN(CCCO)Cc1cccc(O)c1. The Bertz CT molecular complexity index is 289. The highest BCUT2D eigenvalue weighted by atomic mass is 16.3. The third-order valence-electron chi connectivity index (χ3n) is 2.40. The highest BCUT2D eigenvalue weighted by molar-refractivity contribution is 5.26. The molecule has 0 aliphatic heterocycles. The lowest BCUT2D eigenvalue weighted by atomic mass is 10.2. The number of aliphatic hydroxyl groups is 1. The molecule has 1 aromatic rings. The molecular weight excluding hydrogens is 190 g/mol. The minimum absolute atomic E-state index is 0.233. The average Bonchev–Trinajstić information content (AvgIpc) is 2.24. The van der Waals surface area contributed by atoms with Gasteiger partial charge in [0.05, 0.1) is 0 Å². The Balaban J connectivity index is 2.50. The number of phenols is 1. The van der Waals surface area contributed by atoms with Crippen molar-refractivity contribution in [3.8, 4) is 5.75 Å². The molecule has 0 heterocycles. The predicted molar refractivity (Wildman–Crippen MR) is 60.8 cm³/mol. The fraction of sp³-hybridized carbons (Fsp3) is 0.500. The summed E-state index contributed by atoms with van der Waals surface area (Å²) in [6.07, 6.45) is 0.798. The van der Waals surface area contributed by atoms with E-state index < -0.39 is 0 Å². The Morgan fingerprint density at radius 2 is 2.13 bits per heavy atom. The van der Waals surface area contributed by atoms with Crippen LogP contribution in [0.3, 0.4) is 0 Å². The second kappa shape index (κ2) is 6.43. The van der Waals surface area contributed by atoms with Gasteiger partial charge in [0, 0.05) is 19.7 Å². The van der Waals surface area contributed by atoms with E-state index in [4.69, 9.17) is 5.11 Å². The van der Waals surface area contributed by atoms with E-state index in [2.05, 4.69) is 11.8 Å². The fourth-order valence-electron chi connectivity index (χ4n) is 1.56. The van der Waals surface area contributed by atoms with Crippen LogP contribution in [0.2, 0.25) is 0 Å². The van der Waals surface area contributed by atoms with Crippen molar-refractivity contribution in [1.29, 1.82) is 0 Å². The van der Waals surface area contributed by atoms with Crippen molar-refractivity contribution < 1.29 is 10.2 Å². The first kappa shape index (κ1) is 12.0. The second-order valence-corrected chi connectivity index (χ2v) is 3.62. The maximum atomic E-state index is 9.32. The van der Waals surface area contributed by atoms with Crippen molar-refractivity contribution >= 4 is 0 Å². The summed E-state index contributed by atoms with van der Waals surface area (Å²) in [4.78, 5) is 2.24. The van der Waals surface area contributed by atoms with E-state index in [1.807, 2.05) is 12.1 Å². The van der Waals surface area contributed by atoms with Crippen molar-refractivity contribution in [3.63, 3.8) is 0 Å². The summed E-state index contributed by atoms with van der Waals surface area (Å²) in [7, 11) is 0. The molecule has 0 unspecified atom stereocenters. The van der Waals surface area contributed by atoms with Gasteiger partial charge >= 0.3 is 0 Å². The predicted octanol–water partition coefficient (Wildman–Crippen LogP) is 1.60. The molecular formula is C12H19NO2. The molecule has 0 fully saturated rings. The molecule has 0 saturated heterocycles. The molecule has 2 N–H and O–H groups in total. The van der Waals surface area contributed by atoms with Crippen LogP contribution >= 0.6 is 0 Å². The first-order chi connectivity index (χ1) is 7.26. The monoisotopic (exact) mass is 209 g/mol. The number of hydrogen-bond acceptors (Lipinski definition) is 3. The molecule has 3 nitrogen and oxygen atoms in total. The molecule has 3 heteroatoms. The van der Waals surface area contributed by atoms with Gasteiger partial charge in [-0.05, 0) is 30.7 Å². The van der Waals surface area contributed by atoms with Crippen LogP contribution in [0.5, 0.6) is 5.75 Å². The normalized spacial score (nSPS) is 10.9. The van der Waals surface area contributed by atoms with Crippen LogP contribution in [0.25, 0.3) is 0 Å².